The average molecular weight is 376 g/mol. The van der Waals surface area contributed by atoms with Crippen LogP contribution in [0.25, 0.3) is 5.57 Å². The molecule has 0 bridgehead atoms. The van der Waals surface area contributed by atoms with Crippen molar-refractivity contribution in [1.82, 2.24) is 0 Å². The van der Waals surface area contributed by atoms with E-state index in [0.29, 0.717) is 23.2 Å². The zero-order valence-corrected chi connectivity index (χ0v) is 15.6. The molecular formula is C19H21FN2O3S. The topological polar surface area (TPSA) is 80.5 Å². The number of halogens is 1. The maximum absolute atomic E-state index is 13.1. The van der Waals surface area contributed by atoms with Crippen LogP contribution >= 0.6 is 0 Å². The summed E-state index contributed by atoms with van der Waals surface area (Å²) in [6.07, 6.45) is 0.501. The number of benzene rings is 2. The van der Waals surface area contributed by atoms with Gasteiger partial charge in [0, 0.05) is 11.6 Å². The molecule has 26 heavy (non-hydrogen) atoms. The molecule has 0 radical (unpaired) electrons. The van der Waals surface area contributed by atoms with E-state index in [-0.39, 0.29) is 16.5 Å². The Labute approximate surface area is 153 Å². The molecule has 0 aromatic heterocycles. The van der Waals surface area contributed by atoms with Crippen LogP contribution in [0.4, 0.5) is 10.1 Å². The molecule has 0 unspecified atom stereocenters. The summed E-state index contributed by atoms with van der Waals surface area (Å²) in [5.74, 6) is -0.698. The number of primary amides is 1. The molecule has 0 saturated heterocycles. The number of rotatable bonds is 6. The number of carbonyl (C=O) groups is 1. The molecular weight excluding hydrogens is 355 g/mol. The van der Waals surface area contributed by atoms with E-state index in [1.807, 2.05) is 0 Å². The lowest BCUT2D eigenvalue weighted by molar-refractivity contribution is 0.1000. The Bertz CT molecular complexity index is 936. The first-order valence-corrected chi connectivity index (χ1v) is 9.44. The van der Waals surface area contributed by atoms with Gasteiger partial charge in [0.2, 0.25) is 5.91 Å². The minimum atomic E-state index is -3.91. The van der Waals surface area contributed by atoms with E-state index >= 15 is 0 Å². The minimum absolute atomic E-state index is 0.0218. The lowest BCUT2D eigenvalue weighted by atomic mass is 10.1. The zero-order chi connectivity index (χ0) is 19.5. The van der Waals surface area contributed by atoms with Crippen LogP contribution in [0.3, 0.4) is 0 Å². The molecule has 0 atom stereocenters. The molecule has 5 nitrogen and oxygen atoms in total. The van der Waals surface area contributed by atoms with E-state index in [9.17, 15) is 17.6 Å². The van der Waals surface area contributed by atoms with E-state index < -0.39 is 15.9 Å². The Balaban J connectivity index is 2.52. The van der Waals surface area contributed by atoms with Crippen molar-refractivity contribution in [2.24, 2.45) is 5.73 Å². The highest BCUT2D eigenvalue weighted by molar-refractivity contribution is 7.92. The molecule has 1 amide bonds. The summed E-state index contributed by atoms with van der Waals surface area (Å²) in [6, 6.07) is 11.8. The van der Waals surface area contributed by atoms with Crippen LogP contribution in [0.1, 0.15) is 36.7 Å². The summed E-state index contributed by atoms with van der Waals surface area (Å²) in [7, 11) is -3.91. The van der Waals surface area contributed by atoms with Crippen LogP contribution in [0.15, 0.2) is 59.8 Å². The van der Waals surface area contributed by atoms with E-state index in [1.165, 1.54) is 28.6 Å². The van der Waals surface area contributed by atoms with Crippen LogP contribution in [0.2, 0.25) is 0 Å². The highest BCUT2D eigenvalue weighted by Crippen LogP contribution is 2.28. The molecule has 0 aliphatic carbocycles. The number of anilines is 1. The summed E-state index contributed by atoms with van der Waals surface area (Å²) < 4.78 is 40.2. The summed E-state index contributed by atoms with van der Waals surface area (Å²) in [6.45, 7) is 5.12. The van der Waals surface area contributed by atoms with E-state index in [2.05, 4.69) is 0 Å². The van der Waals surface area contributed by atoms with Crippen molar-refractivity contribution in [1.29, 1.82) is 0 Å². The molecule has 2 rings (SSSR count). The van der Waals surface area contributed by atoms with Crippen molar-refractivity contribution in [3.05, 3.63) is 66.0 Å². The summed E-state index contributed by atoms with van der Waals surface area (Å²) in [4.78, 5) is 11.3. The predicted molar refractivity (Wildman–Crippen MR) is 101 cm³/mol. The molecule has 138 valence electrons. The van der Waals surface area contributed by atoms with Gasteiger partial charge in [-0.15, -0.1) is 0 Å². The van der Waals surface area contributed by atoms with Crippen molar-refractivity contribution < 1.29 is 17.6 Å². The molecule has 0 aliphatic rings. The number of carbonyl (C=O) groups excluding carboxylic acids is 1. The van der Waals surface area contributed by atoms with Gasteiger partial charge in [0.15, 0.2) is 0 Å². The molecule has 7 heteroatoms. The number of allylic oxidation sites excluding steroid dienone is 1. The Kier molecular flexibility index (Phi) is 5.82. The Morgan fingerprint density at radius 2 is 1.73 bits per heavy atom. The predicted octanol–water partition coefficient (Wildman–Crippen LogP) is 3.72. The SMILES string of the molecule is C/C(=C\F)c1ccc(N(C(C)C)S(=O)(=O)c2cccc(C(N)=O)c2)cc1. The van der Waals surface area contributed by atoms with Gasteiger partial charge in [-0.05, 0) is 62.2 Å². The van der Waals surface area contributed by atoms with Crippen LogP contribution in [0, 0.1) is 0 Å². The van der Waals surface area contributed by atoms with Crippen LogP contribution in [-0.4, -0.2) is 20.4 Å². The Morgan fingerprint density at radius 3 is 2.23 bits per heavy atom. The molecule has 0 spiro atoms. The van der Waals surface area contributed by atoms with Gasteiger partial charge in [0.25, 0.3) is 10.0 Å². The first-order chi connectivity index (χ1) is 12.2. The van der Waals surface area contributed by atoms with Crippen molar-refractivity contribution in [2.75, 3.05) is 4.31 Å². The van der Waals surface area contributed by atoms with E-state index in [4.69, 9.17) is 5.73 Å². The highest BCUT2D eigenvalue weighted by atomic mass is 32.2. The Hall–Kier alpha value is -2.67. The third-order valence-corrected chi connectivity index (χ3v) is 5.89. The van der Waals surface area contributed by atoms with Crippen LogP contribution < -0.4 is 10.0 Å². The highest BCUT2D eigenvalue weighted by Gasteiger charge is 2.28. The fraction of sp³-hybridized carbons (Fsp3) is 0.211. The maximum Gasteiger partial charge on any atom is 0.264 e. The van der Waals surface area contributed by atoms with Crippen LogP contribution in [-0.2, 0) is 10.0 Å². The average Bonchev–Trinajstić information content (AvgIpc) is 2.61. The van der Waals surface area contributed by atoms with Gasteiger partial charge < -0.3 is 5.73 Å². The number of hydrogen-bond donors (Lipinski definition) is 1. The largest absolute Gasteiger partial charge is 0.366 e. The fourth-order valence-corrected chi connectivity index (χ4v) is 4.28. The number of nitrogens with zero attached hydrogens (tertiary/aromatic N) is 1. The second-order valence-corrected chi connectivity index (χ2v) is 7.94. The van der Waals surface area contributed by atoms with Gasteiger partial charge in [-0.25, -0.2) is 12.8 Å². The minimum Gasteiger partial charge on any atom is -0.366 e. The monoisotopic (exact) mass is 376 g/mol. The first-order valence-electron chi connectivity index (χ1n) is 8.00. The number of nitrogens with two attached hydrogens (primary N) is 1. The lowest BCUT2D eigenvalue weighted by Gasteiger charge is -2.28. The summed E-state index contributed by atoms with van der Waals surface area (Å²) in [5, 5.41) is 0. The quantitative estimate of drug-likeness (QED) is 0.834. The normalized spacial score (nSPS) is 12.3. The third kappa shape index (κ3) is 3.94. The fourth-order valence-electron chi connectivity index (χ4n) is 2.57. The van der Waals surface area contributed by atoms with Gasteiger partial charge in [-0.3, -0.25) is 9.10 Å². The zero-order valence-electron chi connectivity index (χ0n) is 14.8. The van der Waals surface area contributed by atoms with E-state index in [0.717, 1.165) is 0 Å². The van der Waals surface area contributed by atoms with E-state index in [1.54, 1.807) is 45.0 Å². The van der Waals surface area contributed by atoms with Gasteiger partial charge in [-0.2, -0.15) is 0 Å². The molecule has 2 aromatic carbocycles. The first kappa shape index (κ1) is 19.7. The molecule has 0 heterocycles. The molecule has 2 N–H and O–H groups in total. The van der Waals surface area contributed by atoms with Gasteiger partial charge in [0.05, 0.1) is 16.9 Å². The summed E-state index contributed by atoms with van der Waals surface area (Å²) >= 11 is 0. The number of hydrogen-bond acceptors (Lipinski definition) is 3. The van der Waals surface area contributed by atoms with Gasteiger partial charge in [0.1, 0.15) is 0 Å². The van der Waals surface area contributed by atoms with Gasteiger partial charge >= 0.3 is 0 Å². The second kappa shape index (κ2) is 7.70. The standard InChI is InChI=1S/C19H21FN2O3S/c1-13(2)22(17-9-7-15(8-10-17)14(3)12-20)26(24,25)18-6-4-5-16(11-18)19(21)23/h4-13H,1-3H3,(H2,21,23)/b14-12+. The Morgan fingerprint density at radius 1 is 1.12 bits per heavy atom. The molecule has 0 saturated carbocycles. The second-order valence-electron chi connectivity index (χ2n) is 6.13. The van der Waals surface area contributed by atoms with Crippen molar-refractivity contribution in [2.45, 2.75) is 31.7 Å². The lowest BCUT2D eigenvalue weighted by Crippen LogP contribution is -2.37. The molecule has 0 aliphatic heterocycles. The molecule has 2 aromatic rings. The summed E-state index contributed by atoms with van der Waals surface area (Å²) in [5.41, 5.74) is 6.92. The number of sulfonamides is 1. The van der Waals surface area contributed by atoms with Crippen molar-refractivity contribution in [3.63, 3.8) is 0 Å². The third-order valence-electron chi connectivity index (χ3n) is 3.89. The molecule has 0 fully saturated rings. The van der Waals surface area contributed by atoms with Crippen LogP contribution in [0.5, 0.6) is 0 Å². The maximum atomic E-state index is 13.1. The van der Waals surface area contributed by atoms with Gasteiger partial charge in [-0.1, -0.05) is 18.2 Å². The van der Waals surface area contributed by atoms with Crippen molar-refractivity contribution >= 4 is 27.2 Å². The smallest absolute Gasteiger partial charge is 0.264 e. The van der Waals surface area contributed by atoms with Crippen molar-refractivity contribution in [3.8, 4) is 0 Å². The number of amides is 1.